The molecule has 0 saturated carbocycles. The zero-order valence-corrected chi connectivity index (χ0v) is 19.9. The van der Waals surface area contributed by atoms with Crippen LogP contribution in [0.1, 0.15) is 12.5 Å². The summed E-state index contributed by atoms with van der Waals surface area (Å²) in [4.78, 5) is 25.3. The summed E-state index contributed by atoms with van der Waals surface area (Å²) in [7, 11) is 2.20. The topological polar surface area (TPSA) is 73.4 Å². The van der Waals surface area contributed by atoms with Crippen molar-refractivity contribution in [1.29, 1.82) is 0 Å². The van der Waals surface area contributed by atoms with Crippen molar-refractivity contribution in [1.82, 2.24) is 29.7 Å². The van der Waals surface area contributed by atoms with Crippen LogP contribution in [-0.4, -0.2) is 88.8 Å². The Bertz CT molecular complexity index is 1280. The van der Waals surface area contributed by atoms with Gasteiger partial charge in [-0.1, -0.05) is 0 Å². The van der Waals surface area contributed by atoms with Gasteiger partial charge in [0.25, 0.3) is 0 Å². The molecule has 1 N–H and O–H groups in total. The van der Waals surface area contributed by atoms with Crippen LogP contribution in [-0.2, 0) is 11.3 Å². The average molecular weight is 464 g/mol. The molecule has 9 heteroatoms. The number of piperazine rings is 1. The third-order valence-corrected chi connectivity index (χ3v) is 7.82. The van der Waals surface area contributed by atoms with E-state index in [4.69, 9.17) is 14.7 Å². The van der Waals surface area contributed by atoms with Gasteiger partial charge in [0, 0.05) is 68.2 Å². The van der Waals surface area contributed by atoms with Crippen LogP contribution < -0.4 is 4.90 Å². The maximum absolute atomic E-state index is 5.72. The number of fused-ring (bicyclic) bond motifs is 2. The van der Waals surface area contributed by atoms with Crippen LogP contribution in [0, 0.1) is 0 Å². The van der Waals surface area contributed by atoms with E-state index in [-0.39, 0.29) is 6.04 Å². The zero-order chi connectivity index (χ0) is 22.4. The number of hydrogen-bond acceptors (Lipinski definition) is 8. The van der Waals surface area contributed by atoms with Gasteiger partial charge in [-0.2, -0.15) is 0 Å². The Morgan fingerprint density at radius 1 is 1.15 bits per heavy atom. The fraction of sp³-hybridized carbons (Fsp3) is 0.458. The molecular weight excluding hydrogens is 434 g/mol. The van der Waals surface area contributed by atoms with Crippen molar-refractivity contribution >= 4 is 38.4 Å². The van der Waals surface area contributed by atoms with Crippen molar-refractivity contribution < 1.29 is 4.74 Å². The zero-order valence-electron chi connectivity index (χ0n) is 19.1. The second-order valence-corrected chi connectivity index (χ2v) is 9.98. The molecule has 0 amide bonds. The number of morpholine rings is 1. The number of thiophene rings is 1. The summed E-state index contributed by atoms with van der Waals surface area (Å²) in [6, 6.07) is 4.36. The molecule has 8 nitrogen and oxygen atoms in total. The predicted octanol–water partition coefficient (Wildman–Crippen LogP) is 3.21. The molecule has 0 unspecified atom stereocenters. The predicted molar refractivity (Wildman–Crippen MR) is 133 cm³/mol. The molecular formula is C24H29N7OS. The average Bonchev–Trinajstić information content (AvgIpc) is 3.47. The molecule has 0 bridgehead atoms. The van der Waals surface area contributed by atoms with E-state index in [1.807, 2.05) is 18.5 Å². The fourth-order valence-electron chi connectivity index (χ4n) is 4.82. The lowest BCUT2D eigenvalue weighted by atomic mass is 10.1. The molecule has 2 saturated heterocycles. The van der Waals surface area contributed by atoms with E-state index in [0.717, 1.165) is 86.2 Å². The third kappa shape index (κ3) is 3.89. The lowest BCUT2D eigenvalue weighted by Gasteiger charge is -2.34. The molecule has 0 spiro atoms. The molecule has 0 aliphatic carbocycles. The monoisotopic (exact) mass is 463 g/mol. The largest absolute Gasteiger partial charge is 0.377 e. The summed E-state index contributed by atoms with van der Waals surface area (Å²) in [5.41, 5.74) is 4.25. The first kappa shape index (κ1) is 21.0. The molecule has 2 aliphatic heterocycles. The summed E-state index contributed by atoms with van der Waals surface area (Å²) in [5.74, 6) is 1.79. The van der Waals surface area contributed by atoms with Gasteiger partial charge >= 0.3 is 0 Å². The first-order valence-electron chi connectivity index (χ1n) is 11.6. The maximum Gasteiger partial charge on any atom is 0.163 e. The number of hydrogen-bond donors (Lipinski definition) is 1. The number of nitrogens with zero attached hydrogens (tertiary/aromatic N) is 6. The molecule has 0 aromatic carbocycles. The van der Waals surface area contributed by atoms with Crippen LogP contribution in [0.25, 0.3) is 32.6 Å². The highest BCUT2D eigenvalue weighted by Crippen LogP contribution is 2.37. The number of likely N-dealkylation sites (N-methyl/N-ethyl adjacent to an activating group) is 1. The van der Waals surface area contributed by atoms with E-state index in [1.54, 1.807) is 11.3 Å². The Balaban J connectivity index is 1.48. The Kier molecular flexibility index (Phi) is 5.49. The second kappa shape index (κ2) is 8.64. The van der Waals surface area contributed by atoms with E-state index >= 15 is 0 Å². The Morgan fingerprint density at radius 2 is 2.03 bits per heavy atom. The first-order valence-corrected chi connectivity index (χ1v) is 12.5. The van der Waals surface area contributed by atoms with E-state index < -0.39 is 0 Å². The van der Waals surface area contributed by atoms with Gasteiger partial charge in [-0.05, 0) is 31.5 Å². The van der Waals surface area contributed by atoms with Crippen LogP contribution >= 0.6 is 11.3 Å². The van der Waals surface area contributed by atoms with Crippen molar-refractivity contribution in [3.8, 4) is 11.4 Å². The minimum atomic E-state index is 0.276. The van der Waals surface area contributed by atoms with Crippen molar-refractivity contribution in [2.24, 2.45) is 0 Å². The summed E-state index contributed by atoms with van der Waals surface area (Å²) < 4.78 is 6.89. The van der Waals surface area contributed by atoms with Gasteiger partial charge in [-0.25, -0.2) is 15.0 Å². The SMILES string of the molecule is C[C@@H]1COCCN1c1nc(-c2ccnc3[nH]ccc23)nc2c(CN3CCN(C)CC3)csc12. The van der Waals surface area contributed by atoms with Gasteiger partial charge in [0.15, 0.2) is 11.6 Å². The number of rotatable bonds is 4. The molecule has 4 aromatic rings. The van der Waals surface area contributed by atoms with E-state index in [9.17, 15) is 0 Å². The van der Waals surface area contributed by atoms with Gasteiger partial charge in [-0.3, -0.25) is 4.90 Å². The molecule has 0 radical (unpaired) electrons. The van der Waals surface area contributed by atoms with Gasteiger partial charge in [0.2, 0.25) is 0 Å². The number of anilines is 1. The van der Waals surface area contributed by atoms with Crippen LogP contribution in [0.5, 0.6) is 0 Å². The van der Waals surface area contributed by atoms with Crippen molar-refractivity contribution in [3.63, 3.8) is 0 Å². The number of H-pyrrole nitrogens is 1. The smallest absolute Gasteiger partial charge is 0.163 e. The van der Waals surface area contributed by atoms with Gasteiger partial charge in [0.05, 0.1) is 29.5 Å². The van der Waals surface area contributed by atoms with Crippen molar-refractivity contribution in [2.45, 2.75) is 19.5 Å². The summed E-state index contributed by atoms with van der Waals surface area (Å²) >= 11 is 1.77. The summed E-state index contributed by atoms with van der Waals surface area (Å²) in [6.07, 6.45) is 3.76. The standard InChI is InChI=1S/C24H29N7OS/c1-16-14-32-12-11-31(16)24-21-20(17(15-33-21)13-30-9-7-29(2)8-10-30)27-23(28-24)19-4-6-26-22-18(19)3-5-25-22/h3-6,15-16H,7-14H2,1-2H3,(H,25,26)/t16-/m1/s1. The van der Waals surface area contributed by atoms with Gasteiger partial charge in [-0.15, -0.1) is 11.3 Å². The molecule has 1 atom stereocenters. The van der Waals surface area contributed by atoms with Crippen molar-refractivity contribution in [2.75, 3.05) is 57.9 Å². The van der Waals surface area contributed by atoms with Crippen LogP contribution in [0.15, 0.2) is 29.9 Å². The highest BCUT2D eigenvalue weighted by molar-refractivity contribution is 7.18. The summed E-state index contributed by atoms with van der Waals surface area (Å²) in [5, 5.41) is 3.34. The second-order valence-electron chi connectivity index (χ2n) is 9.10. The third-order valence-electron chi connectivity index (χ3n) is 6.80. The van der Waals surface area contributed by atoms with E-state index in [2.05, 4.69) is 50.1 Å². The van der Waals surface area contributed by atoms with Gasteiger partial charge < -0.3 is 19.5 Å². The normalized spacial score (nSPS) is 20.8. The lowest BCUT2D eigenvalue weighted by molar-refractivity contribution is 0.0987. The molecule has 172 valence electrons. The van der Waals surface area contributed by atoms with Crippen molar-refractivity contribution in [3.05, 3.63) is 35.5 Å². The minimum Gasteiger partial charge on any atom is -0.377 e. The Labute approximate surface area is 197 Å². The highest BCUT2D eigenvalue weighted by Gasteiger charge is 2.26. The van der Waals surface area contributed by atoms with E-state index in [0.29, 0.717) is 0 Å². The van der Waals surface area contributed by atoms with Crippen LogP contribution in [0.4, 0.5) is 5.82 Å². The minimum absolute atomic E-state index is 0.276. The Hall–Kier alpha value is -2.59. The molecule has 6 heterocycles. The first-order chi connectivity index (χ1) is 16.2. The number of aromatic amines is 1. The van der Waals surface area contributed by atoms with Crippen LogP contribution in [0.3, 0.4) is 0 Å². The molecule has 4 aromatic heterocycles. The molecule has 33 heavy (non-hydrogen) atoms. The highest BCUT2D eigenvalue weighted by atomic mass is 32.1. The summed E-state index contributed by atoms with van der Waals surface area (Å²) in [6.45, 7) is 9.83. The molecule has 2 fully saturated rings. The lowest BCUT2D eigenvalue weighted by Crippen LogP contribution is -2.44. The quantitative estimate of drug-likeness (QED) is 0.498. The number of ether oxygens (including phenoxy) is 1. The number of aromatic nitrogens is 4. The molecule has 6 rings (SSSR count). The van der Waals surface area contributed by atoms with E-state index in [1.165, 1.54) is 10.3 Å². The maximum atomic E-state index is 5.72. The molecule has 2 aliphatic rings. The van der Waals surface area contributed by atoms with Crippen LogP contribution in [0.2, 0.25) is 0 Å². The number of pyridine rings is 1. The fourth-order valence-corrected chi connectivity index (χ4v) is 5.83. The Morgan fingerprint density at radius 3 is 2.88 bits per heavy atom. The number of nitrogens with one attached hydrogen (secondary N) is 1. The van der Waals surface area contributed by atoms with Gasteiger partial charge in [0.1, 0.15) is 5.65 Å².